The van der Waals surface area contributed by atoms with Crippen molar-refractivity contribution in [2.75, 3.05) is 5.75 Å². The SMILES string of the molecule is Cc1sc2ccccc2[n+]1CCCCS(=O)(=O)O.[I-]. The highest BCUT2D eigenvalue weighted by molar-refractivity contribution is 7.85. The lowest BCUT2D eigenvalue weighted by Gasteiger charge is -1.97. The Kier molecular flexibility index (Phi) is 6.15. The second kappa shape index (κ2) is 6.96. The molecule has 1 N–H and O–H groups in total. The zero-order valence-electron chi connectivity index (χ0n) is 10.5. The number of hydrogen-bond donors (Lipinski definition) is 1. The molecule has 0 atom stereocenters. The first kappa shape index (κ1) is 16.8. The van der Waals surface area contributed by atoms with Gasteiger partial charge in [-0.25, -0.2) is 0 Å². The molecule has 0 unspecified atom stereocenters. The Hall–Kier alpha value is -0.250. The van der Waals surface area contributed by atoms with Crippen molar-refractivity contribution >= 4 is 31.7 Å². The number of thiazole rings is 1. The minimum Gasteiger partial charge on any atom is -1.00 e. The van der Waals surface area contributed by atoms with Crippen LogP contribution in [0.25, 0.3) is 10.2 Å². The molecule has 0 spiro atoms. The fourth-order valence-electron chi connectivity index (χ4n) is 1.98. The van der Waals surface area contributed by atoms with Gasteiger partial charge in [-0.2, -0.15) is 13.0 Å². The van der Waals surface area contributed by atoms with Gasteiger partial charge < -0.3 is 24.0 Å². The van der Waals surface area contributed by atoms with Crippen LogP contribution in [0.2, 0.25) is 0 Å². The number of aryl methyl sites for hydroxylation is 2. The lowest BCUT2D eigenvalue weighted by molar-refractivity contribution is -0.673. The van der Waals surface area contributed by atoms with Gasteiger partial charge in [-0.3, -0.25) is 4.55 Å². The average molecular weight is 413 g/mol. The summed E-state index contributed by atoms with van der Waals surface area (Å²) in [5.41, 5.74) is 1.19. The van der Waals surface area contributed by atoms with E-state index < -0.39 is 10.1 Å². The van der Waals surface area contributed by atoms with Crippen molar-refractivity contribution in [1.29, 1.82) is 0 Å². The summed E-state index contributed by atoms with van der Waals surface area (Å²) < 4.78 is 33.4. The van der Waals surface area contributed by atoms with E-state index in [0.717, 1.165) is 13.0 Å². The Balaban J connectivity index is 0.00000180. The monoisotopic (exact) mass is 413 g/mol. The van der Waals surface area contributed by atoms with Crippen molar-refractivity contribution in [3.05, 3.63) is 29.3 Å². The summed E-state index contributed by atoms with van der Waals surface area (Å²) in [5.74, 6) is -0.158. The fourth-order valence-corrected chi connectivity index (χ4v) is 3.60. The molecule has 0 aliphatic rings. The number of benzene rings is 1. The molecular formula is C12H16INO3S2. The highest BCUT2D eigenvalue weighted by atomic mass is 127. The molecule has 19 heavy (non-hydrogen) atoms. The second-order valence-corrected chi connectivity index (χ2v) is 7.04. The van der Waals surface area contributed by atoms with Crippen LogP contribution in [0.4, 0.5) is 0 Å². The van der Waals surface area contributed by atoms with E-state index in [4.69, 9.17) is 4.55 Å². The molecule has 2 aromatic rings. The van der Waals surface area contributed by atoms with Gasteiger partial charge >= 0.3 is 0 Å². The molecule has 1 heterocycles. The zero-order valence-corrected chi connectivity index (χ0v) is 14.3. The van der Waals surface area contributed by atoms with Gasteiger partial charge in [0.2, 0.25) is 10.5 Å². The molecule has 1 aromatic heterocycles. The summed E-state index contributed by atoms with van der Waals surface area (Å²) in [6, 6.07) is 8.17. The first-order chi connectivity index (χ1) is 8.47. The Morgan fingerprint density at radius 1 is 1.26 bits per heavy atom. The molecule has 1 aromatic carbocycles. The van der Waals surface area contributed by atoms with Crippen LogP contribution < -0.4 is 28.5 Å². The maximum absolute atomic E-state index is 10.6. The Morgan fingerprint density at radius 3 is 2.63 bits per heavy atom. The molecule has 0 saturated carbocycles. The summed E-state index contributed by atoms with van der Waals surface area (Å²) in [4.78, 5) is 0. The van der Waals surface area contributed by atoms with Crippen LogP contribution in [-0.2, 0) is 16.7 Å². The number of rotatable bonds is 5. The lowest BCUT2D eigenvalue weighted by Crippen LogP contribution is -3.00. The van der Waals surface area contributed by atoms with Gasteiger partial charge in [0, 0.05) is 19.4 Å². The van der Waals surface area contributed by atoms with Crippen LogP contribution >= 0.6 is 11.3 Å². The molecule has 0 radical (unpaired) electrons. The van der Waals surface area contributed by atoms with Crippen molar-refractivity contribution in [2.24, 2.45) is 0 Å². The molecule has 0 bridgehead atoms. The van der Waals surface area contributed by atoms with E-state index in [1.165, 1.54) is 15.2 Å². The number of unbranched alkanes of at least 4 members (excludes halogenated alkanes) is 1. The molecule has 4 nitrogen and oxygen atoms in total. The highest BCUT2D eigenvalue weighted by Gasteiger charge is 2.16. The molecule has 0 aliphatic carbocycles. The van der Waals surface area contributed by atoms with E-state index in [-0.39, 0.29) is 29.7 Å². The number of aromatic nitrogens is 1. The zero-order chi connectivity index (χ0) is 13.2. The van der Waals surface area contributed by atoms with Crippen LogP contribution in [0.3, 0.4) is 0 Å². The van der Waals surface area contributed by atoms with E-state index in [2.05, 4.69) is 23.6 Å². The Bertz CT molecular complexity index is 652. The summed E-state index contributed by atoms with van der Waals surface area (Å²) in [5, 5.41) is 1.21. The minimum atomic E-state index is -3.82. The third-order valence-corrected chi connectivity index (χ3v) is 4.71. The molecule has 106 valence electrons. The smallest absolute Gasteiger partial charge is 0.264 e. The normalized spacial score (nSPS) is 11.5. The topological polar surface area (TPSA) is 58.2 Å². The molecular weight excluding hydrogens is 397 g/mol. The predicted octanol–water partition coefficient (Wildman–Crippen LogP) is -0.831. The van der Waals surface area contributed by atoms with E-state index in [9.17, 15) is 8.42 Å². The van der Waals surface area contributed by atoms with Crippen LogP contribution in [0.15, 0.2) is 24.3 Å². The third kappa shape index (κ3) is 4.66. The summed E-state index contributed by atoms with van der Waals surface area (Å²) in [6.45, 7) is 2.85. The standard InChI is InChI=1S/C12H15NO3S2.HI/c1-10-13(8-4-5-9-18(14,15)16)11-6-2-3-7-12(11)17-10;/h2-3,6-7H,4-5,8-9H2,1H3;1H. The van der Waals surface area contributed by atoms with E-state index >= 15 is 0 Å². The molecule has 0 amide bonds. The van der Waals surface area contributed by atoms with Gasteiger partial charge in [-0.05, 0) is 12.5 Å². The number of fused-ring (bicyclic) bond motifs is 1. The number of halogens is 1. The van der Waals surface area contributed by atoms with Gasteiger partial charge in [0.1, 0.15) is 11.2 Å². The number of para-hydroxylation sites is 1. The Labute approximate surface area is 134 Å². The van der Waals surface area contributed by atoms with Gasteiger partial charge in [-0.15, -0.1) is 0 Å². The fraction of sp³-hybridized carbons (Fsp3) is 0.417. The molecule has 0 saturated heterocycles. The summed E-state index contributed by atoms with van der Waals surface area (Å²) in [7, 11) is -3.82. The number of nitrogens with zero attached hydrogens (tertiary/aromatic N) is 1. The maximum Gasteiger partial charge on any atom is 0.264 e. The van der Waals surface area contributed by atoms with Crippen molar-refractivity contribution in [3.63, 3.8) is 0 Å². The highest BCUT2D eigenvalue weighted by Crippen LogP contribution is 2.19. The maximum atomic E-state index is 10.6. The van der Waals surface area contributed by atoms with Crippen LogP contribution in [0, 0.1) is 6.92 Å². The predicted molar refractivity (Wildman–Crippen MR) is 72.4 cm³/mol. The van der Waals surface area contributed by atoms with Crippen molar-refractivity contribution in [3.8, 4) is 0 Å². The van der Waals surface area contributed by atoms with Crippen LogP contribution in [0.5, 0.6) is 0 Å². The van der Waals surface area contributed by atoms with E-state index in [0.29, 0.717) is 6.42 Å². The van der Waals surface area contributed by atoms with Crippen molar-refractivity contribution < 1.29 is 41.5 Å². The summed E-state index contributed by atoms with van der Waals surface area (Å²) in [6.07, 6.45) is 1.22. The van der Waals surface area contributed by atoms with Crippen molar-refractivity contribution in [1.82, 2.24) is 0 Å². The van der Waals surface area contributed by atoms with Gasteiger partial charge in [0.15, 0.2) is 0 Å². The molecule has 0 fully saturated rings. The van der Waals surface area contributed by atoms with E-state index in [1.807, 2.05) is 12.1 Å². The molecule has 7 heteroatoms. The largest absolute Gasteiger partial charge is 1.00 e. The van der Waals surface area contributed by atoms with Crippen molar-refractivity contribution in [2.45, 2.75) is 26.3 Å². The van der Waals surface area contributed by atoms with Gasteiger partial charge in [0.25, 0.3) is 10.1 Å². The lowest BCUT2D eigenvalue weighted by atomic mass is 10.3. The Morgan fingerprint density at radius 2 is 1.95 bits per heavy atom. The van der Waals surface area contributed by atoms with Crippen LogP contribution in [-0.4, -0.2) is 18.7 Å². The first-order valence-corrected chi connectivity index (χ1v) is 8.23. The van der Waals surface area contributed by atoms with Crippen LogP contribution in [0.1, 0.15) is 17.8 Å². The second-order valence-electron chi connectivity index (χ2n) is 4.23. The van der Waals surface area contributed by atoms with E-state index in [1.54, 1.807) is 11.3 Å². The van der Waals surface area contributed by atoms with Gasteiger partial charge in [-0.1, -0.05) is 23.5 Å². The number of hydrogen-bond acceptors (Lipinski definition) is 3. The minimum absolute atomic E-state index is 0. The van der Waals surface area contributed by atoms with Gasteiger partial charge in [0.05, 0.1) is 5.75 Å². The summed E-state index contributed by atoms with van der Waals surface area (Å²) >= 11 is 1.74. The third-order valence-electron chi connectivity index (χ3n) is 2.83. The average Bonchev–Trinajstić information content (AvgIpc) is 2.59. The quantitative estimate of drug-likeness (QED) is 0.301. The molecule has 2 rings (SSSR count). The first-order valence-electron chi connectivity index (χ1n) is 5.80. The molecule has 0 aliphatic heterocycles.